The van der Waals surface area contributed by atoms with Gasteiger partial charge in [-0.2, -0.15) is 17.5 Å². The highest BCUT2D eigenvalue weighted by Crippen LogP contribution is 2.37. The van der Waals surface area contributed by atoms with Crippen molar-refractivity contribution in [2.45, 2.75) is 16.8 Å². The van der Waals surface area contributed by atoms with E-state index in [2.05, 4.69) is 36.2 Å². The van der Waals surface area contributed by atoms with Crippen LogP contribution in [0.3, 0.4) is 0 Å². The van der Waals surface area contributed by atoms with Gasteiger partial charge in [0, 0.05) is 10.9 Å². The minimum absolute atomic E-state index is 0.345. The third-order valence-electron chi connectivity index (χ3n) is 3.63. The zero-order chi connectivity index (χ0) is 19.4. The maximum absolute atomic E-state index is 14.5. The number of halogens is 6. The van der Waals surface area contributed by atoms with Crippen LogP contribution in [-0.4, -0.2) is 13.9 Å². The van der Waals surface area contributed by atoms with Crippen molar-refractivity contribution in [2.75, 3.05) is 0 Å². The van der Waals surface area contributed by atoms with E-state index in [0.29, 0.717) is 20.3 Å². The van der Waals surface area contributed by atoms with Gasteiger partial charge in [0.1, 0.15) is 15.2 Å². The second-order valence-corrected chi connectivity index (χ2v) is 9.10. The lowest BCUT2D eigenvalue weighted by Crippen LogP contribution is -2.38. The standard InChI is InChI=1S/C14H7Br2F4N3O2S/c1-4-10(14(18,19)20)21-13(25)23(12(4)24)7-2-5-8(3-6(7)17)26-22-9(5)11(15)16/h2-3,11H,1H3,(H,21,25). The summed E-state index contributed by atoms with van der Waals surface area (Å²) in [5.41, 5.74) is -4.80. The molecule has 26 heavy (non-hydrogen) atoms. The summed E-state index contributed by atoms with van der Waals surface area (Å²) >= 11 is 7.52. The Labute approximate surface area is 163 Å². The molecule has 0 amide bonds. The molecular weight excluding hydrogens is 510 g/mol. The zero-order valence-corrected chi connectivity index (χ0v) is 16.6. The first-order valence-corrected chi connectivity index (χ1v) is 9.43. The Morgan fingerprint density at radius 2 is 1.92 bits per heavy atom. The lowest BCUT2D eigenvalue weighted by Gasteiger charge is -2.13. The topological polar surface area (TPSA) is 67.8 Å². The average molecular weight is 517 g/mol. The number of rotatable bonds is 2. The summed E-state index contributed by atoms with van der Waals surface area (Å²) in [5.74, 6) is -0.930. The highest BCUT2D eigenvalue weighted by atomic mass is 79.9. The van der Waals surface area contributed by atoms with Crippen LogP contribution in [0.5, 0.6) is 0 Å². The van der Waals surface area contributed by atoms with Crippen LogP contribution in [-0.2, 0) is 6.18 Å². The predicted octanol–water partition coefficient (Wildman–Crippen LogP) is 4.39. The smallest absolute Gasteiger partial charge is 0.302 e. The summed E-state index contributed by atoms with van der Waals surface area (Å²) < 4.78 is 57.8. The molecule has 0 unspecified atom stereocenters. The van der Waals surface area contributed by atoms with Crippen LogP contribution in [0.15, 0.2) is 21.7 Å². The molecule has 5 nitrogen and oxygen atoms in total. The number of hydrogen-bond donors (Lipinski definition) is 1. The van der Waals surface area contributed by atoms with Gasteiger partial charge in [-0.3, -0.25) is 4.79 Å². The molecule has 0 saturated carbocycles. The molecule has 0 aliphatic heterocycles. The van der Waals surface area contributed by atoms with Crippen LogP contribution in [0.25, 0.3) is 15.8 Å². The van der Waals surface area contributed by atoms with Crippen molar-refractivity contribution < 1.29 is 17.6 Å². The Kier molecular flexibility index (Phi) is 4.86. The Morgan fingerprint density at radius 3 is 2.50 bits per heavy atom. The van der Waals surface area contributed by atoms with Crippen LogP contribution < -0.4 is 11.2 Å². The van der Waals surface area contributed by atoms with Gasteiger partial charge in [-0.05, 0) is 30.6 Å². The fourth-order valence-corrected chi connectivity index (χ4v) is 4.21. The van der Waals surface area contributed by atoms with Crippen LogP contribution in [0.1, 0.15) is 20.7 Å². The van der Waals surface area contributed by atoms with E-state index >= 15 is 0 Å². The predicted molar refractivity (Wildman–Crippen MR) is 96.1 cm³/mol. The van der Waals surface area contributed by atoms with Gasteiger partial charge in [-0.15, -0.1) is 0 Å². The van der Waals surface area contributed by atoms with Gasteiger partial charge in [-0.25, -0.2) is 13.8 Å². The summed E-state index contributed by atoms with van der Waals surface area (Å²) in [6.45, 7) is 0.915. The van der Waals surface area contributed by atoms with Gasteiger partial charge in [0.15, 0.2) is 0 Å². The van der Waals surface area contributed by atoms with Gasteiger partial charge in [0.2, 0.25) is 0 Å². The molecule has 0 aliphatic rings. The number of aromatic nitrogens is 3. The first-order chi connectivity index (χ1) is 12.0. The molecule has 3 rings (SSSR count). The average Bonchev–Trinajstić information content (AvgIpc) is 2.93. The fraction of sp³-hybridized carbons (Fsp3) is 0.214. The van der Waals surface area contributed by atoms with E-state index in [9.17, 15) is 27.2 Å². The maximum atomic E-state index is 14.5. The molecule has 0 saturated heterocycles. The Morgan fingerprint density at radius 1 is 1.27 bits per heavy atom. The Bertz CT molecular complexity index is 1130. The third-order valence-corrected chi connectivity index (χ3v) is 5.32. The zero-order valence-electron chi connectivity index (χ0n) is 12.6. The number of fused-ring (bicyclic) bond motifs is 1. The first-order valence-electron chi connectivity index (χ1n) is 6.83. The highest BCUT2D eigenvalue weighted by Gasteiger charge is 2.36. The fourth-order valence-electron chi connectivity index (χ4n) is 2.42. The second kappa shape index (κ2) is 6.57. The monoisotopic (exact) mass is 515 g/mol. The number of alkyl halides is 5. The molecule has 2 aromatic heterocycles. The number of hydrogen-bond acceptors (Lipinski definition) is 4. The Hall–Kier alpha value is -1.53. The second-order valence-electron chi connectivity index (χ2n) is 5.24. The number of H-pyrrole nitrogens is 1. The summed E-state index contributed by atoms with van der Waals surface area (Å²) in [6.07, 6.45) is -4.91. The van der Waals surface area contributed by atoms with Crippen molar-refractivity contribution in [1.29, 1.82) is 0 Å². The molecule has 12 heteroatoms. The van der Waals surface area contributed by atoms with Crippen LogP contribution in [0, 0.1) is 12.7 Å². The number of nitrogens with zero attached hydrogens (tertiary/aromatic N) is 2. The summed E-state index contributed by atoms with van der Waals surface area (Å²) in [5, 5.41) is 0.453. The molecule has 2 heterocycles. The molecule has 0 fully saturated rings. The number of nitrogens with one attached hydrogen (secondary N) is 1. The normalized spacial score (nSPS) is 12.3. The third kappa shape index (κ3) is 3.14. The largest absolute Gasteiger partial charge is 0.431 e. The molecular formula is C14H7Br2F4N3O2S. The highest BCUT2D eigenvalue weighted by molar-refractivity contribution is 9.24. The summed E-state index contributed by atoms with van der Waals surface area (Å²) in [4.78, 5) is 26.1. The van der Waals surface area contributed by atoms with E-state index < -0.39 is 40.2 Å². The summed E-state index contributed by atoms with van der Waals surface area (Å²) in [6, 6.07) is 2.29. The summed E-state index contributed by atoms with van der Waals surface area (Å²) in [7, 11) is 0. The van der Waals surface area contributed by atoms with E-state index in [1.165, 1.54) is 6.07 Å². The van der Waals surface area contributed by atoms with Crippen molar-refractivity contribution in [3.8, 4) is 5.69 Å². The van der Waals surface area contributed by atoms with Crippen molar-refractivity contribution in [3.05, 3.63) is 55.7 Å². The van der Waals surface area contributed by atoms with Gasteiger partial charge in [-0.1, -0.05) is 31.9 Å². The van der Waals surface area contributed by atoms with Crippen molar-refractivity contribution in [2.24, 2.45) is 0 Å². The first kappa shape index (κ1) is 19.2. The van der Waals surface area contributed by atoms with E-state index in [1.807, 2.05) is 0 Å². The molecule has 138 valence electrons. The van der Waals surface area contributed by atoms with E-state index in [0.717, 1.165) is 24.5 Å². The van der Waals surface area contributed by atoms with Gasteiger partial charge >= 0.3 is 11.9 Å². The lowest BCUT2D eigenvalue weighted by molar-refractivity contribution is -0.142. The Balaban J connectivity index is 2.36. The van der Waals surface area contributed by atoms with Gasteiger partial charge in [0.05, 0.1) is 16.1 Å². The minimum Gasteiger partial charge on any atom is -0.302 e. The van der Waals surface area contributed by atoms with Crippen LogP contribution in [0.4, 0.5) is 17.6 Å². The molecule has 1 aromatic carbocycles. The van der Waals surface area contributed by atoms with E-state index in [-0.39, 0.29) is 3.74 Å². The SMILES string of the molecule is Cc1c(C(F)(F)F)[nH]c(=O)n(-c2cc3c(C(Br)Br)nsc3cc2F)c1=O. The molecule has 0 spiro atoms. The van der Waals surface area contributed by atoms with Crippen molar-refractivity contribution >= 4 is 53.5 Å². The van der Waals surface area contributed by atoms with Crippen LogP contribution in [0.2, 0.25) is 0 Å². The molecule has 0 aliphatic carbocycles. The van der Waals surface area contributed by atoms with E-state index in [1.54, 1.807) is 4.98 Å². The van der Waals surface area contributed by atoms with Gasteiger partial charge < -0.3 is 4.98 Å². The minimum atomic E-state index is -4.91. The van der Waals surface area contributed by atoms with E-state index in [4.69, 9.17) is 0 Å². The number of aromatic amines is 1. The molecule has 0 bridgehead atoms. The van der Waals surface area contributed by atoms with Crippen molar-refractivity contribution in [1.82, 2.24) is 13.9 Å². The van der Waals surface area contributed by atoms with Crippen molar-refractivity contribution in [3.63, 3.8) is 0 Å². The van der Waals surface area contributed by atoms with Gasteiger partial charge in [0.25, 0.3) is 5.56 Å². The molecule has 0 atom stereocenters. The number of benzene rings is 1. The maximum Gasteiger partial charge on any atom is 0.431 e. The molecule has 0 radical (unpaired) electrons. The lowest BCUT2D eigenvalue weighted by atomic mass is 10.2. The molecule has 3 aromatic rings. The van der Waals surface area contributed by atoms with Crippen LogP contribution >= 0.6 is 43.4 Å². The quantitative estimate of drug-likeness (QED) is 0.406. The molecule has 1 N–H and O–H groups in total.